The van der Waals surface area contributed by atoms with Gasteiger partial charge in [-0.1, -0.05) is 6.07 Å². The van der Waals surface area contributed by atoms with Crippen molar-refractivity contribution in [3.8, 4) is 5.75 Å². The molecule has 2 N–H and O–H groups in total. The molecule has 3 aromatic rings. The zero-order valence-electron chi connectivity index (χ0n) is 12.9. The van der Waals surface area contributed by atoms with Crippen LogP contribution in [0.3, 0.4) is 0 Å². The first kappa shape index (κ1) is 14.3. The molecule has 0 fully saturated rings. The molecule has 0 bridgehead atoms. The van der Waals surface area contributed by atoms with Gasteiger partial charge in [-0.15, -0.1) is 0 Å². The minimum absolute atomic E-state index is 0.0755. The molecule has 0 saturated carbocycles. The summed E-state index contributed by atoms with van der Waals surface area (Å²) in [6.07, 6.45) is 1.72. The van der Waals surface area contributed by atoms with Gasteiger partial charge in [-0.2, -0.15) is 5.10 Å². The third-order valence-corrected chi connectivity index (χ3v) is 4.01. The number of ether oxygens (including phenoxy) is 1. The molecule has 0 saturated heterocycles. The Kier molecular flexibility index (Phi) is 3.19. The zero-order chi connectivity index (χ0) is 16.7. The summed E-state index contributed by atoms with van der Waals surface area (Å²) in [7, 11) is 1.66. The second-order valence-electron chi connectivity index (χ2n) is 5.52. The lowest BCUT2D eigenvalue weighted by atomic mass is 10.1. The van der Waals surface area contributed by atoms with E-state index in [-0.39, 0.29) is 18.4 Å². The van der Waals surface area contributed by atoms with Crippen molar-refractivity contribution in [1.82, 2.24) is 10.2 Å². The van der Waals surface area contributed by atoms with Crippen LogP contribution >= 0.6 is 0 Å². The summed E-state index contributed by atoms with van der Waals surface area (Å²) in [6.45, 7) is -0.0755. The maximum atomic E-state index is 12.6. The van der Waals surface area contributed by atoms with Crippen molar-refractivity contribution in [2.75, 3.05) is 23.9 Å². The molecule has 2 aromatic carbocycles. The van der Waals surface area contributed by atoms with Crippen LogP contribution in [0.5, 0.6) is 5.75 Å². The van der Waals surface area contributed by atoms with E-state index in [2.05, 4.69) is 15.5 Å². The highest BCUT2D eigenvalue weighted by Gasteiger charge is 2.26. The van der Waals surface area contributed by atoms with Gasteiger partial charge in [-0.3, -0.25) is 14.7 Å². The smallest absolute Gasteiger partial charge is 0.264 e. The molecule has 1 aromatic heterocycles. The molecule has 0 spiro atoms. The monoisotopic (exact) mass is 322 g/mol. The summed E-state index contributed by atoms with van der Waals surface area (Å²) in [6, 6.07) is 10.6. The highest BCUT2D eigenvalue weighted by molar-refractivity contribution is 6.09. The van der Waals surface area contributed by atoms with Crippen molar-refractivity contribution in [3.05, 3.63) is 48.2 Å². The number of amides is 2. The zero-order valence-corrected chi connectivity index (χ0v) is 12.9. The Morgan fingerprint density at radius 2 is 2.21 bits per heavy atom. The quantitative estimate of drug-likeness (QED) is 0.757. The average molecular weight is 322 g/mol. The van der Waals surface area contributed by atoms with Crippen molar-refractivity contribution < 1.29 is 14.3 Å². The van der Waals surface area contributed by atoms with E-state index in [0.29, 0.717) is 22.7 Å². The molecule has 0 unspecified atom stereocenters. The number of aromatic amines is 1. The van der Waals surface area contributed by atoms with E-state index in [1.807, 2.05) is 18.2 Å². The van der Waals surface area contributed by atoms with Crippen molar-refractivity contribution >= 4 is 34.1 Å². The van der Waals surface area contributed by atoms with E-state index in [0.717, 1.165) is 10.9 Å². The number of carbonyl (C=O) groups excluding carboxylic acids is 2. The average Bonchev–Trinajstić information content (AvgIpc) is 3.05. The molecule has 24 heavy (non-hydrogen) atoms. The molecule has 2 heterocycles. The molecule has 4 rings (SSSR count). The number of aromatic nitrogens is 2. The third-order valence-electron chi connectivity index (χ3n) is 4.01. The van der Waals surface area contributed by atoms with Crippen molar-refractivity contribution in [3.63, 3.8) is 0 Å². The molecule has 0 radical (unpaired) electrons. The summed E-state index contributed by atoms with van der Waals surface area (Å²) in [5.74, 6) is -0.0297. The summed E-state index contributed by atoms with van der Waals surface area (Å²) in [4.78, 5) is 25.8. The van der Waals surface area contributed by atoms with Gasteiger partial charge in [0.15, 0.2) is 12.4 Å². The van der Waals surface area contributed by atoms with E-state index in [9.17, 15) is 9.59 Å². The molecular weight excluding hydrogens is 308 g/mol. The lowest BCUT2D eigenvalue weighted by Gasteiger charge is -2.27. The van der Waals surface area contributed by atoms with Gasteiger partial charge in [-0.05, 0) is 30.3 Å². The fourth-order valence-corrected chi connectivity index (χ4v) is 2.70. The van der Waals surface area contributed by atoms with Crippen molar-refractivity contribution in [2.24, 2.45) is 0 Å². The highest BCUT2D eigenvalue weighted by Crippen LogP contribution is 2.35. The predicted molar refractivity (Wildman–Crippen MR) is 89.4 cm³/mol. The molecule has 1 aliphatic rings. The normalized spacial score (nSPS) is 13.5. The first-order valence-electron chi connectivity index (χ1n) is 7.40. The second kappa shape index (κ2) is 5.38. The Balaban J connectivity index is 1.66. The summed E-state index contributed by atoms with van der Waals surface area (Å²) in [5, 5.41) is 10.6. The number of fused-ring (bicyclic) bond motifs is 2. The van der Waals surface area contributed by atoms with Gasteiger partial charge >= 0.3 is 0 Å². The van der Waals surface area contributed by atoms with E-state index >= 15 is 0 Å². The van der Waals surface area contributed by atoms with Gasteiger partial charge < -0.3 is 15.0 Å². The standard InChI is InChI=1S/C17H14N4O3/c1-21-14-4-2-3-12(16(14)24-9-15(21)22)17(23)19-11-6-5-10-8-18-20-13(10)7-11/h2-8H,9H2,1H3,(H,18,20)(H,19,23). The fourth-order valence-electron chi connectivity index (χ4n) is 2.70. The van der Waals surface area contributed by atoms with Crippen LogP contribution in [0.2, 0.25) is 0 Å². The predicted octanol–water partition coefficient (Wildman–Crippen LogP) is 2.17. The van der Waals surface area contributed by atoms with Gasteiger partial charge in [0.25, 0.3) is 11.8 Å². The molecule has 0 atom stereocenters. The number of rotatable bonds is 2. The molecule has 7 nitrogen and oxygen atoms in total. The van der Waals surface area contributed by atoms with Crippen LogP contribution in [-0.4, -0.2) is 35.7 Å². The first-order chi connectivity index (χ1) is 11.6. The van der Waals surface area contributed by atoms with E-state index in [4.69, 9.17) is 4.74 Å². The Hall–Kier alpha value is -3.35. The second-order valence-corrected chi connectivity index (χ2v) is 5.52. The van der Waals surface area contributed by atoms with Crippen molar-refractivity contribution in [1.29, 1.82) is 0 Å². The topological polar surface area (TPSA) is 87.3 Å². The molecule has 0 aliphatic carbocycles. The van der Waals surface area contributed by atoms with Gasteiger partial charge in [0.1, 0.15) is 0 Å². The minimum atomic E-state index is -0.298. The van der Waals surface area contributed by atoms with Crippen LogP contribution in [0.25, 0.3) is 10.9 Å². The summed E-state index contributed by atoms with van der Waals surface area (Å²) < 4.78 is 5.49. The van der Waals surface area contributed by atoms with Crippen LogP contribution < -0.4 is 15.0 Å². The Labute approximate surface area is 137 Å². The summed E-state index contributed by atoms with van der Waals surface area (Å²) in [5.41, 5.74) is 2.46. The third kappa shape index (κ3) is 2.26. The van der Waals surface area contributed by atoms with Gasteiger partial charge in [0.2, 0.25) is 0 Å². The number of likely N-dealkylation sites (N-methyl/N-ethyl adjacent to an activating group) is 1. The van der Waals surface area contributed by atoms with Crippen LogP contribution in [0.15, 0.2) is 42.6 Å². The Bertz CT molecular complexity index is 963. The van der Waals surface area contributed by atoms with Gasteiger partial charge in [-0.25, -0.2) is 0 Å². The largest absolute Gasteiger partial charge is 0.481 e. The number of hydrogen-bond acceptors (Lipinski definition) is 4. The van der Waals surface area contributed by atoms with Crippen LogP contribution in [-0.2, 0) is 4.79 Å². The maximum absolute atomic E-state index is 12.6. The van der Waals surface area contributed by atoms with Crippen molar-refractivity contribution in [2.45, 2.75) is 0 Å². The number of hydrogen-bond donors (Lipinski definition) is 2. The number of nitrogens with zero attached hydrogens (tertiary/aromatic N) is 2. The van der Waals surface area contributed by atoms with Crippen LogP contribution in [0.4, 0.5) is 11.4 Å². The fraction of sp³-hybridized carbons (Fsp3) is 0.118. The number of anilines is 2. The SMILES string of the molecule is CN1C(=O)COc2c(C(=O)Nc3ccc4cn[nH]c4c3)cccc21. The first-order valence-corrected chi connectivity index (χ1v) is 7.40. The molecule has 120 valence electrons. The lowest BCUT2D eigenvalue weighted by Crippen LogP contribution is -2.36. The van der Waals surface area contributed by atoms with E-state index in [1.165, 1.54) is 4.90 Å². The minimum Gasteiger partial charge on any atom is -0.481 e. The van der Waals surface area contributed by atoms with Gasteiger partial charge in [0, 0.05) is 18.1 Å². The summed E-state index contributed by atoms with van der Waals surface area (Å²) >= 11 is 0. The van der Waals surface area contributed by atoms with E-state index < -0.39 is 0 Å². The lowest BCUT2D eigenvalue weighted by molar-refractivity contribution is -0.121. The maximum Gasteiger partial charge on any atom is 0.264 e. The number of nitrogens with one attached hydrogen (secondary N) is 2. The number of carbonyl (C=O) groups is 2. The highest BCUT2D eigenvalue weighted by atomic mass is 16.5. The van der Waals surface area contributed by atoms with Crippen LogP contribution in [0.1, 0.15) is 10.4 Å². The molecule has 7 heteroatoms. The van der Waals surface area contributed by atoms with Gasteiger partial charge in [0.05, 0.1) is 23.0 Å². The van der Waals surface area contributed by atoms with E-state index in [1.54, 1.807) is 31.4 Å². The number of H-pyrrole nitrogens is 1. The number of benzene rings is 2. The molecular formula is C17H14N4O3. The molecule has 2 amide bonds. The molecule has 1 aliphatic heterocycles. The van der Waals surface area contributed by atoms with Crippen LogP contribution in [0, 0.1) is 0 Å². The number of para-hydroxylation sites is 1. The Morgan fingerprint density at radius 3 is 3.08 bits per heavy atom. The Morgan fingerprint density at radius 1 is 1.33 bits per heavy atom.